The topological polar surface area (TPSA) is 35.5 Å². The van der Waals surface area contributed by atoms with E-state index in [0.717, 1.165) is 31.9 Å². The SMILES string of the molecule is CCCCCN1CC2(CCNCC2)c2cccc(O)c21. The minimum Gasteiger partial charge on any atom is -0.506 e. The number of piperidine rings is 1. The monoisotopic (exact) mass is 274 g/mol. The first-order valence-corrected chi connectivity index (χ1v) is 8.05. The molecular weight excluding hydrogens is 248 g/mol. The second-order valence-electron chi connectivity index (χ2n) is 6.33. The molecule has 1 aromatic carbocycles. The number of hydrogen-bond donors (Lipinski definition) is 2. The van der Waals surface area contributed by atoms with Gasteiger partial charge in [-0.25, -0.2) is 0 Å². The second-order valence-corrected chi connectivity index (χ2v) is 6.33. The summed E-state index contributed by atoms with van der Waals surface area (Å²) in [5, 5.41) is 13.8. The molecule has 1 aromatic rings. The molecule has 20 heavy (non-hydrogen) atoms. The molecule has 0 atom stereocenters. The third kappa shape index (κ3) is 2.28. The van der Waals surface area contributed by atoms with Crippen LogP contribution >= 0.6 is 0 Å². The van der Waals surface area contributed by atoms with Gasteiger partial charge in [-0.05, 0) is 44.0 Å². The number of unbranched alkanes of at least 4 members (excludes halogenated alkanes) is 2. The van der Waals surface area contributed by atoms with Gasteiger partial charge in [-0.3, -0.25) is 0 Å². The summed E-state index contributed by atoms with van der Waals surface area (Å²) in [6.07, 6.45) is 6.12. The number of hydrogen-bond acceptors (Lipinski definition) is 3. The van der Waals surface area contributed by atoms with Crippen LogP contribution in [0.25, 0.3) is 0 Å². The van der Waals surface area contributed by atoms with E-state index < -0.39 is 0 Å². The molecule has 0 amide bonds. The van der Waals surface area contributed by atoms with E-state index in [0.29, 0.717) is 5.75 Å². The highest BCUT2D eigenvalue weighted by molar-refractivity contribution is 5.70. The molecule has 3 rings (SSSR count). The number of aromatic hydroxyl groups is 1. The molecule has 3 nitrogen and oxygen atoms in total. The van der Waals surface area contributed by atoms with Crippen LogP contribution in [0.4, 0.5) is 5.69 Å². The Balaban J connectivity index is 1.89. The maximum Gasteiger partial charge on any atom is 0.139 e. The molecule has 2 aliphatic rings. The van der Waals surface area contributed by atoms with Gasteiger partial charge >= 0.3 is 0 Å². The van der Waals surface area contributed by atoms with Crippen LogP contribution in [0.1, 0.15) is 44.6 Å². The van der Waals surface area contributed by atoms with Gasteiger partial charge in [0.1, 0.15) is 5.75 Å². The van der Waals surface area contributed by atoms with Crippen LogP contribution in [0.2, 0.25) is 0 Å². The molecule has 110 valence electrons. The summed E-state index contributed by atoms with van der Waals surface area (Å²) in [5.74, 6) is 0.467. The lowest BCUT2D eigenvalue weighted by Crippen LogP contribution is -2.43. The smallest absolute Gasteiger partial charge is 0.139 e. The van der Waals surface area contributed by atoms with Crippen molar-refractivity contribution in [3.8, 4) is 5.75 Å². The van der Waals surface area contributed by atoms with E-state index in [4.69, 9.17) is 0 Å². The molecule has 2 heterocycles. The molecule has 3 heteroatoms. The van der Waals surface area contributed by atoms with Crippen molar-refractivity contribution in [1.29, 1.82) is 0 Å². The van der Waals surface area contributed by atoms with Crippen molar-refractivity contribution in [2.45, 2.75) is 44.4 Å². The number of nitrogens with one attached hydrogen (secondary N) is 1. The van der Waals surface area contributed by atoms with E-state index in [1.165, 1.54) is 37.7 Å². The van der Waals surface area contributed by atoms with Crippen molar-refractivity contribution in [2.75, 3.05) is 31.1 Å². The van der Waals surface area contributed by atoms with Gasteiger partial charge in [0, 0.05) is 18.5 Å². The molecule has 0 aromatic heterocycles. The summed E-state index contributed by atoms with van der Waals surface area (Å²) in [6, 6.07) is 6.08. The average Bonchev–Trinajstić information content (AvgIpc) is 2.76. The summed E-state index contributed by atoms with van der Waals surface area (Å²) in [7, 11) is 0. The Labute approximate surface area is 122 Å². The van der Waals surface area contributed by atoms with Crippen LogP contribution in [0.3, 0.4) is 0 Å². The Morgan fingerprint density at radius 2 is 2.05 bits per heavy atom. The van der Waals surface area contributed by atoms with Gasteiger partial charge in [0.2, 0.25) is 0 Å². The average molecular weight is 274 g/mol. The molecule has 2 N–H and O–H groups in total. The number of benzene rings is 1. The summed E-state index contributed by atoms with van der Waals surface area (Å²) in [4.78, 5) is 2.44. The van der Waals surface area contributed by atoms with Gasteiger partial charge in [0.25, 0.3) is 0 Å². The Morgan fingerprint density at radius 1 is 1.25 bits per heavy atom. The highest BCUT2D eigenvalue weighted by Crippen LogP contribution is 2.49. The van der Waals surface area contributed by atoms with Crippen LogP contribution in [-0.2, 0) is 5.41 Å². The number of phenols is 1. The third-order valence-electron chi connectivity index (χ3n) is 4.99. The van der Waals surface area contributed by atoms with Crippen molar-refractivity contribution in [3.05, 3.63) is 23.8 Å². The standard InChI is InChI=1S/C17H26N2O/c1-2-3-4-12-19-13-17(8-10-18-11-9-17)14-6-5-7-15(20)16(14)19/h5-7,18,20H,2-4,8-13H2,1H3. The van der Waals surface area contributed by atoms with Gasteiger partial charge in [-0.1, -0.05) is 31.9 Å². The van der Waals surface area contributed by atoms with Crippen LogP contribution in [0.15, 0.2) is 18.2 Å². The molecule has 1 saturated heterocycles. The first-order valence-electron chi connectivity index (χ1n) is 8.05. The van der Waals surface area contributed by atoms with E-state index in [1.807, 2.05) is 12.1 Å². The van der Waals surface area contributed by atoms with Crippen LogP contribution in [0.5, 0.6) is 5.75 Å². The third-order valence-corrected chi connectivity index (χ3v) is 4.99. The number of rotatable bonds is 4. The summed E-state index contributed by atoms with van der Waals surface area (Å²) in [6.45, 7) is 6.60. The Kier molecular flexibility index (Phi) is 3.88. The maximum absolute atomic E-state index is 10.3. The van der Waals surface area contributed by atoms with Gasteiger partial charge in [0.05, 0.1) is 5.69 Å². The van der Waals surface area contributed by atoms with Crippen molar-refractivity contribution < 1.29 is 5.11 Å². The lowest BCUT2D eigenvalue weighted by molar-refractivity contribution is 0.325. The number of para-hydroxylation sites is 1. The number of nitrogens with zero attached hydrogens (tertiary/aromatic N) is 1. The van der Waals surface area contributed by atoms with Crippen LogP contribution in [0, 0.1) is 0 Å². The number of fused-ring (bicyclic) bond motifs is 2. The van der Waals surface area contributed by atoms with Crippen molar-refractivity contribution in [1.82, 2.24) is 5.32 Å². The minimum atomic E-state index is 0.269. The zero-order valence-electron chi connectivity index (χ0n) is 12.5. The fourth-order valence-corrected chi connectivity index (χ4v) is 3.90. The van der Waals surface area contributed by atoms with Crippen LogP contribution in [-0.4, -0.2) is 31.3 Å². The number of anilines is 1. The largest absolute Gasteiger partial charge is 0.506 e. The lowest BCUT2D eigenvalue weighted by atomic mass is 9.75. The lowest BCUT2D eigenvalue weighted by Gasteiger charge is -2.35. The second kappa shape index (κ2) is 5.65. The zero-order valence-corrected chi connectivity index (χ0v) is 12.5. The van der Waals surface area contributed by atoms with Crippen LogP contribution < -0.4 is 10.2 Å². The van der Waals surface area contributed by atoms with E-state index in [-0.39, 0.29) is 5.41 Å². The van der Waals surface area contributed by atoms with E-state index in [9.17, 15) is 5.11 Å². The normalized spacial score (nSPS) is 20.4. The van der Waals surface area contributed by atoms with E-state index in [1.54, 1.807) is 0 Å². The predicted molar refractivity (Wildman–Crippen MR) is 83.6 cm³/mol. The Hall–Kier alpha value is -1.22. The Bertz CT molecular complexity index is 466. The molecule has 0 bridgehead atoms. The quantitative estimate of drug-likeness (QED) is 0.828. The molecule has 0 unspecified atom stereocenters. The molecule has 0 radical (unpaired) electrons. The van der Waals surface area contributed by atoms with E-state index >= 15 is 0 Å². The van der Waals surface area contributed by atoms with E-state index in [2.05, 4.69) is 23.2 Å². The summed E-state index contributed by atoms with van der Waals surface area (Å²) >= 11 is 0. The summed E-state index contributed by atoms with van der Waals surface area (Å²) in [5.41, 5.74) is 2.77. The fourth-order valence-electron chi connectivity index (χ4n) is 3.90. The molecular formula is C17H26N2O. The van der Waals surface area contributed by atoms with Gasteiger partial charge in [0.15, 0.2) is 0 Å². The molecule has 0 aliphatic carbocycles. The highest BCUT2D eigenvalue weighted by atomic mass is 16.3. The predicted octanol–water partition coefficient (Wildman–Crippen LogP) is 3.02. The molecule has 0 saturated carbocycles. The van der Waals surface area contributed by atoms with Crippen molar-refractivity contribution in [3.63, 3.8) is 0 Å². The van der Waals surface area contributed by atoms with Crippen molar-refractivity contribution >= 4 is 5.69 Å². The van der Waals surface area contributed by atoms with Gasteiger partial charge in [-0.15, -0.1) is 0 Å². The van der Waals surface area contributed by atoms with Gasteiger partial charge < -0.3 is 15.3 Å². The summed E-state index contributed by atoms with van der Waals surface area (Å²) < 4.78 is 0. The number of phenolic OH excluding ortho intramolecular Hbond substituents is 1. The molecule has 1 fully saturated rings. The molecule has 1 spiro atoms. The first kappa shape index (κ1) is 13.7. The molecule has 2 aliphatic heterocycles. The maximum atomic E-state index is 10.3. The van der Waals surface area contributed by atoms with Crippen molar-refractivity contribution in [2.24, 2.45) is 0 Å². The first-order chi connectivity index (χ1) is 9.77. The highest BCUT2D eigenvalue weighted by Gasteiger charge is 2.44. The minimum absolute atomic E-state index is 0.269. The Morgan fingerprint density at radius 3 is 2.80 bits per heavy atom. The fraction of sp³-hybridized carbons (Fsp3) is 0.647. The zero-order chi connectivity index (χ0) is 14.0. The van der Waals surface area contributed by atoms with Gasteiger partial charge in [-0.2, -0.15) is 0 Å².